The maximum absolute atomic E-state index is 2.41. The van der Waals surface area contributed by atoms with Crippen molar-refractivity contribution in [1.29, 1.82) is 0 Å². The molecule has 1 N–H and O–H groups in total. The summed E-state index contributed by atoms with van der Waals surface area (Å²) in [6.45, 7) is 9.10. The lowest BCUT2D eigenvalue weighted by molar-refractivity contribution is -0.894. The molecular weight excluding hydrogens is 280 g/mol. The molecule has 2 aromatic rings. The summed E-state index contributed by atoms with van der Waals surface area (Å²) in [5, 5.41) is 0. The van der Waals surface area contributed by atoms with Crippen LogP contribution in [0.4, 0.5) is 11.4 Å². The van der Waals surface area contributed by atoms with Crippen molar-refractivity contribution in [3.8, 4) is 0 Å². The van der Waals surface area contributed by atoms with E-state index in [0.717, 1.165) is 13.1 Å². The topological polar surface area (TPSA) is 7.68 Å². The van der Waals surface area contributed by atoms with Crippen LogP contribution in [0.3, 0.4) is 0 Å². The van der Waals surface area contributed by atoms with Crippen molar-refractivity contribution in [3.05, 3.63) is 60.7 Å². The summed E-state index contributed by atoms with van der Waals surface area (Å²) in [4.78, 5) is 4.05. The molecule has 0 heterocycles. The molecule has 0 aliphatic rings. The third-order valence-electron chi connectivity index (χ3n) is 3.82. The highest BCUT2D eigenvalue weighted by Crippen LogP contribution is 2.23. The molecular formula is C18H25ClN2. The van der Waals surface area contributed by atoms with Gasteiger partial charge in [-0.3, -0.25) is 0 Å². The number of hydrogen-bond acceptors (Lipinski definition) is 1. The second-order valence-corrected chi connectivity index (χ2v) is 5.03. The largest absolute Gasteiger partial charge is 1.00 e. The molecule has 0 amide bonds. The molecule has 0 bridgehead atoms. The number of anilines is 2. The minimum atomic E-state index is 0. The Kier molecular flexibility index (Phi) is 7.88. The summed E-state index contributed by atoms with van der Waals surface area (Å²) in [5.74, 6) is 0. The van der Waals surface area contributed by atoms with Gasteiger partial charge in [0.1, 0.15) is 0 Å². The van der Waals surface area contributed by atoms with Gasteiger partial charge < -0.3 is 22.2 Å². The Hall–Kier alpha value is -1.51. The summed E-state index contributed by atoms with van der Waals surface area (Å²) in [6, 6.07) is 21.3. The normalized spacial score (nSPS) is 10.2. The monoisotopic (exact) mass is 304 g/mol. The van der Waals surface area contributed by atoms with E-state index < -0.39 is 0 Å². The predicted octanol–water partition coefficient (Wildman–Crippen LogP) is -0.247. The van der Waals surface area contributed by atoms with Gasteiger partial charge in [0.2, 0.25) is 0 Å². The molecule has 2 rings (SSSR count). The number of halogens is 1. The quantitative estimate of drug-likeness (QED) is 0.741. The Labute approximate surface area is 134 Å². The molecule has 0 spiro atoms. The lowest BCUT2D eigenvalue weighted by Gasteiger charge is -2.26. The molecule has 2 aromatic carbocycles. The highest BCUT2D eigenvalue weighted by atomic mass is 35.5. The van der Waals surface area contributed by atoms with Gasteiger partial charge in [0.05, 0.1) is 26.2 Å². The Bertz CT molecular complexity index is 444. The lowest BCUT2D eigenvalue weighted by Crippen LogP contribution is -3.12. The zero-order valence-electron chi connectivity index (χ0n) is 12.9. The molecule has 0 saturated heterocycles. The third-order valence-corrected chi connectivity index (χ3v) is 3.82. The van der Waals surface area contributed by atoms with Gasteiger partial charge in [-0.15, -0.1) is 0 Å². The number of nitrogens with zero attached hydrogens (tertiary/aromatic N) is 1. The summed E-state index contributed by atoms with van der Waals surface area (Å²) in [5.41, 5.74) is 2.54. The summed E-state index contributed by atoms with van der Waals surface area (Å²) >= 11 is 0. The first-order valence-corrected chi connectivity index (χ1v) is 7.56. The Morgan fingerprint density at radius 3 is 1.57 bits per heavy atom. The SMILES string of the molecule is CC[NH+](CC)CCN(c1ccccc1)c1ccccc1.[Cl-]. The van der Waals surface area contributed by atoms with Crippen LogP contribution in [0.15, 0.2) is 60.7 Å². The van der Waals surface area contributed by atoms with Crippen LogP contribution in [-0.4, -0.2) is 26.2 Å². The maximum Gasteiger partial charge on any atom is 0.0953 e. The minimum Gasteiger partial charge on any atom is -1.00 e. The highest BCUT2D eigenvalue weighted by Gasteiger charge is 2.11. The van der Waals surface area contributed by atoms with Crippen molar-refractivity contribution in [2.24, 2.45) is 0 Å². The van der Waals surface area contributed by atoms with Gasteiger partial charge >= 0.3 is 0 Å². The Balaban J connectivity index is 0.00000220. The minimum absolute atomic E-state index is 0. The van der Waals surface area contributed by atoms with E-state index in [4.69, 9.17) is 0 Å². The van der Waals surface area contributed by atoms with Gasteiger partial charge in [0.15, 0.2) is 0 Å². The highest BCUT2D eigenvalue weighted by molar-refractivity contribution is 5.62. The van der Waals surface area contributed by atoms with Crippen molar-refractivity contribution in [2.45, 2.75) is 13.8 Å². The van der Waals surface area contributed by atoms with Gasteiger partial charge in [-0.05, 0) is 38.1 Å². The van der Waals surface area contributed by atoms with E-state index in [-0.39, 0.29) is 12.4 Å². The number of nitrogens with one attached hydrogen (secondary N) is 1. The van der Waals surface area contributed by atoms with E-state index >= 15 is 0 Å². The van der Waals surface area contributed by atoms with Crippen LogP contribution in [0.5, 0.6) is 0 Å². The summed E-state index contributed by atoms with van der Waals surface area (Å²) < 4.78 is 0. The molecule has 0 aliphatic heterocycles. The molecule has 3 heteroatoms. The van der Waals surface area contributed by atoms with Gasteiger partial charge in [0, 0.05) is 11.4 Å². The average Bonchev–Trinajstić information content (AvgIpc) is 2.53. The van der Waals surface area contributed by atoms with E-state index in [2.05, 4.69) is 79.4 Å². The number of quaternary nitrogens is 1. The molecule has 2 nitrogen and oxygen atoms in total. The van der Waals surface area contributed by atoms with Crippen LogP contribution in [0.1, 0.15) is 13.8 Å². The van der Waals surface area contributed by atoms with Crippen LogP contribution in [-0.2, 0) is 0 Å². The fraction of sp³-hybridized carbons (Fsp3) is 0.333. The maximum atomic E-state index is 2.41. The van der Waals surface area contributed by atoms with E-state index in [0.29, 0.717) is 0 Å². The van der Waals surface area contributed by atoms with Crippen molar-refractivity contribution in [2.75, 3.05) is 31.1 Å². The van der Waals surface area contributed by atoms with Crippen LogP contribution in [0.25, 0.3) is 0 Å². The number of rotatable bonds is 7. The van der Waals surface area contributed by atoms with Crippen molar-refractivity contribution in [3.63, 3.8) is 0 Å². The first kappa shape index (κ1) is 17.5. The summed E-state index contributed by atoms with van der Waals surface area (Å²) in [7, 11) is 0. The Morgan fingerprint density at radius 1 is 0.762 bits per heavy atom. The fourth-order valence-corrected chi connectivity index (χ4v) is 2.50. The van der Waals surface area contributed by atoms with E-state index in [1.165, 1.54) is 24.5 Å². The van der Waals surface area contributed by atoms with E-state index in [9.17, 15) is 0 Å². The standard InChI is InChI=1S/C18H24N2.ClH/c1-3-19(4-2)15-16-20(17-11-7-5-8-12-17)18-13-9-6-10-14-18;/h5-14H,3-4,15-16H2,1-2H3;1H. The fourth-order valence-electron chi connectivity index (χ4n) is 2.50. The number of benzene rings is 2. The second kappa shape index (κ2) is 9.43. The zero-order chi connectivity index (χ0) is 14.2. The Morgan fingerprint density at radius 2 is 1.19 bits per heavy atom. The average molecular weight is 305 g/mol. The number of likely N-dealkylation sites (N-methyl/N-ethyl adjacent to an activating group) is 1. The zero-order valence-corrected chi connectivity index (χ0v) is 13.7. The molecule has 0 unspecified atom stereocenters. The molecule has 21 heavy (non-hydrogen) atoms. The van der Waals surface area contributed by atoms with Gasteiger partial charge in [0.25, 0.3) is 0 Å². The molecule has 0 radical (unpaired) electrons. The second-order valence-electron chi connectivity index (χ2n) is 5.03. The van der Waals surface area contributed by atoms with Crippen LogP contribution >= 0.6 is 0 Å². The molecule has 0 aliphatic carbocycles. The smallest absolute Gasteiger partial charge is 0.0953 e. The van der Waals surface area contributed by atoms with Gasteiger partial charge in [-0.2, -0.15) is 0 Å². The van der Waals surface area contributed by atoms with Crippen LogP contribution in [0.2, 0.25) is 0 Å². The lowest BCUT2D eigenvalue weighted by atomic mass is 10.2. The third kappa shape index (κ3) is 5.07. The predicted molar refractivity (Wildman–Crippen MR) is 86.8 cm³/mol. The van der Waals surface area contributed by atoms with Crippen LogP contribution < -0.4 is 22.2 Å². The van der Waals surface area contributed by atoms with Gasteiger partial charge in [-0.1, -0.05) is 36.4 Å². The van der Waals surface area contributed by atoms with Crippen LogP contribution in [0, 0.1) is 0 Å². The molecule has 0 atom stereocenters. The van der Waals surface area contributed by atoms with E-state index in [1.807, 2.05) is 0 Å². The van der Waals surface area contributed by atoms with E-state index in [1.54, 1.807) is 4.90 Å². The first-order chi connectivity index (χ1) is 9.85. The summed E-state index contributed by atoms with van der Waals surface area (Å²) in [6.07, 6.45) is 0. The molecule has 0 saturated carbocycles. The van der Waals surface area contributed by atoms with Gasteiger partial charge in [-0.25, -0.2) is 0 Å². The first-order valence-electron chi connectivity index (χ1n) is 7.56. The van der Waals surface area contributed by atoms with Crippen molar-refractivity contribution in [1.82, 2.24) is 0 Å². The van der Waals surface area contributed by atoms with Crippen molar-refractivity contribution < 1.29 is 17.3 Å². The van der Waals surface area contributed by atoms with Crippen molar-refractivity contribution >= 4 is 11.4 Å². The number of para-hydroxylation sites is 2. The molecule has 0 aromatic heterocycles. The number of hydrogen-bond donors (Lipinski definition) is 1. The molecule has 114 valence electrons. The molecule has 0 fully saturated rings.